The maximum atomic E-state index is 12.0. The Labute approximate surface area is 110 Å². The zero-order valence-corrected chi connectivity index (χ0v) is 12.1. The summed E-state index contributed by atoms with van der Waals surface area (Å²) >= 11 is 0. The summed E-state index contributed by atoms with van der Waals surface area (Å²) in [6.45, 7) is 7.83. The predicted molar refractivity (Wildman–Crippen MR) is 76.9 cm³/mol. The van der Waals surface area contributed by atoms with E-state index in [2.05, 4.69) is 4.99 Å². The average Bonchev–Trinajstić information content (AvgIpc) is 2.26. The molecule has 0 fully saturated rings. The first-order valence-corrected chi connectivity index (χ1v) is 6.19. The molecule has 0 radical (unpaired) electrons. The molecular formula is C15H22N2O. The third-order valence-electron chi connectivity index (χ3n) is 2.72. The van der Waals surface area contributed by atoms with Crippen molar-refractivity contribution in [2.24, 2.45) is 10.9 Å². The van der Waals surface area contributed by atoms with Crippen LogP contribution in [0.15, 0.2) is 17.1 Å². The molecule has 1 aromatic carbocycles. The first kappa shape index (κ1) is 14.4. The highest BCUT2D eigenvalue weighted by Gasteiger charge is 2.13. The third kappa shape index (κ3) is 3.42. The highest BCUT2D eigenvalue weighted by atomic mass is 16.1. The van der Waals surface area contributed by atoms with Crippen LogP contribution in [0.5, 0.6) is 0 Å². The van der Waals surface area contributed by atoms with Crippen LogP contribution in [0.4, 0.5) is 5.69 Å². The minimum Gasteiger partial charge on any atom is -0.369 e. The van der Waals surface area contributed by atoms with Crippen LogP contribution in [-0.4, -0.2) is 31.1 Å². The summed E-state index contributed by atoms with van der Waals surface area (Å²) in [5, 5.41) is 0. The van der Waals surface area contributed by atoms with E-state index in [0.717, 1.165) is 22.4 Å². The summed E-state index contributed by atoms with van der Waals surface area (Å²) < 4.78 is 0. The van der Waals surface area contributed by atoms with Crippen LogP contribution < -0.4 is 0 Å². The number of nitrogens with zero attached hydrogens (tertiary/aromatic N) is 2. The fourth-order valence-electron chi connectivity index (χ4n) is 1.81. The van der Waals surface area contributed by atoms with E-state index in [1.807, 2.05) is 58.8 Å². The van der Waals surface area contributed by atoms with E-state index in [1.165, 1.54) is 0 Å². The van der Waals surface area contributed by atoms with Crippen LogP contribution in [0.25, 0.3) is 0 Å². The Bertz CT molecular complexity index is 450. The van der Waals surface area contributed by atoms with E-state index in [0.29, 0.717) is 0 Å². The van der Waals surface area contributed by atoms with Crippen LogP contribution in [0, 0.1) is 19.8 Å². The maximum Gasteiger partial charge on any atom is 0.165 e. The monoisotopic (exact) mass is 246 g/mol. The SMILES string of the molecule is Cc1cc(C(=O)C(C)C)cc(C)c1N=CN(C)C. The molecule has 18 heavy (non-hydrogen) atoms. The minimum absolute atomic E-state index is 0.0277. The topological polar surface area (TPSA) is 32.7 Å². The van der Waals surface area contributed by atoms with Gasteiger partial charge in [-0.2, -0.15) is 0 Å². The summed E-state index contributed by atoms with van der Waals surface area (Å²) in [5.74, 6) is 0.212. The lowest BCUT2D eigenvalue weighted by atomic mass is 9.96. The average molecular weight is 246 g/mol. The van der Waals surface area contributed by atoms with Gasteiger partial charge in [-0.15, -0.1) is 0 Å². The van der Waals surface area contributed by atoms with E-state index in [4.69, 9.17) is 0 Å². The normalized spacial score (nSPS) is 11.3. The molecule has 0 aliphatic carbocycles. The zero-order valence-electron chi connectivity index (χ0n) is 12.1. The lowest BCUT2D eigenvalue weighted by Gasteiger charge is -2.11. The fraction of sp³-hybridized carbons (Fsp3) is 0.467. The van der Waals surface area contributed by atoms with Crippen LogP contribution in [0.2, 0.25) is 0 Å². The van der Waals surface area contributed by atoms with Gasteiger partial charge in [-0.05, 0) is 37.1 Å². The molecule has 1 aromatic rings. The van der Waals surface area contributed by atoms with Gasteiger partial charge in [0.05, 0.1) is 12.0 Å². The zero-order chi connectivity index (χ0) is 13.9. The van der Waals surface area contributed by atoms with E-state index in [1.54, 1.807) is 6.34 Å². The molecule has 0 aromatic heterocycles. The maximum absolute atomic E-state index is 12.0. The standard InChI is InChI=1S/C15H22N2O/c1-10(2)15(18)13-7-11(3)14(12(4)8-13)16-9-17(5)6/h7-10H,1-6H3. The molecule has 1 rings (SSSR count). The number of ketones is 1. The Morgan fingerprint density at radius 1 is 1.22 bits per heavy atom. The molecule has 0 saturated carbocycles. The Morgan fingerprint density at radius 3 is 2.11 bits per heavy atom. The van der Waals surface area contributed by atoms with Crippen molar-refractivity contribution in [3.63, 3.8) is 0 Å². The molecule has 0 saturated heterocycles. The van der Waals surface area contributed by atoms with Crippen LogP contribution in [0.3, 0.4) is 0 Å². The molecule has 0 heterocycles. The molecule has 0 N–H and O–H groups in total. The van der Waals surface area contributed by atoms with Crippen LogP contribution in [-0.2, 0) is 0 Å². The summed E-state index contributed by atoms with van der Waals surface area (Å²) in [6, 6.07) is 3.86. The Hall–Kier alpha value is -1.64. The van der Waals surface area contributed by atoms with E-state index in [9.17, 15) is 4.79 Å². The van der Waals surface area contributed by atoms with Gasteiger partial charge in [-0.25, -0.2) is 4.99 Å². The van der Waals surface area contributed by atoms with Crippen molar-refractivity contribution in [2.45, 2.75) is 27.7 Å². The first-order valence-electron chi connectivity index (χ1n) is 6.19. The van der Waals surface area contributed by atoms with Gasteiger partial charge in [0.2, 0.25) is 0 Å². The number of Topliss-reactive ketones (excluding diaryl/α,β-unsaturated/α-hetero) is 1. The quantitative estimate of drug-likeness (QED) is 0.463. The van der Waals surface area contributed by atoms with Crippen molar-refractivity contribution >= 4 is 17.8 Å². The summed E-state index contributed by atoms with van der Waals surface area (Å²) in [7, 11) is 3.87. The molecule has 0 spiro atoms. The molecule has 3 nitrogen and oxygen atoms in total. The number of hydrogen-bond acceptors (Lipinski definition) is 2. The lowest BCUT2D eigenvalue weighted by Crippen LogP contribution is -2.09. The highest BCUT2D eigenvalue weighted by molar-refractivity contribution is 5.98. The van der Waals surface area contributed by atoms with Crippen molar-refractivity contribution < 1.29 is 4.79 Å². The number of hydrogen-bond donors (Lipinski definition) is 0. The molecule has 98 valence electrons. The number of carbonyl (C=O) groups is 1. The Balaban J connectivity index is 3.16. The molecule has 0 unspecified atom stereocenters. The minimum atomic E-state index is 0.0277. The van der Waals surface area contributed by atoms with Crippen molar-refractivity contribution in [1.29, 1.82) is 0 Å². The molecule has 0 aliphatic heterocycles. The second-order valence-electron chi connectivity index (χ2n) is 5.19. The number of carbonyl (C=O) groups excluding carboxylic acids is 1. The highest BCUT2D eigenvalue weighted by Crippen LogP contribution is 2.26. The summed E-state index contributed by atoms with van der Waals surface area (Å²) in [5.41, 5.74) is 3.81. The number of rotatable bonds is 4. The van der Waals surface area contributed by atoms with E-state index >= 15 is 0 Å². The smallest absolute Gasteiger partial charge is 0.165 e. The van der Waals surface area contributed by atoms with Crippen molar-refractivity contribution in [3.05, 3.63) is 28.8 Å². The van der Waals surface area contributed by atoms with E-state index in [-0.39, 0.29) is 11.7 Å². The number of aliphatic imine (C=N–C) groups is 1. The molecule has 0 bridgehead atoms. The van der Waals surface area contributed by atoms with Crippen molar-refractivity contribution in [2.75, 3.05) is 14.1 Å². The van der Waals surface area contributed by atoms with Crippen LogP contribution >= 0.6 is 0 Å². The number of aryl methyl sites for hydroxylation is 2. The van der Waals surface area contributed by atoms with Gasteiger partial charge in [0.1, 0.15) is 0 Å². The van der Waals surface area contributed by atoms with Gasteiger partial charge < -0.3 is 4.90 Å². The lowest BCUT2D eigenvalue weighted by molar-refractivity contribution is 0.0939. The van der Waals surface area contributed by atoms with Gasteiger partial charge >= 0.3 is 0 Å². The van der Waals surface area contributed by atoms with Gasteiger partial charge in [0, 0.05) is 25.6 Å². The van der Waals surface area contributed by atoms with Crippen molar-refractivity contribution in [3.8, 4) is 0 Å². The van der Waals surface area contributed by atoms with Gasteiger partial charge in [-0.1, -0.05) is 13.8 Å². The molecule has 0 atom stereocenters. The second kappa shape index (κ2) is 5.80. The number of benzene rings is 1. The van der Waals surface area contributed by atoms with Gasteiger partial charge in [0.25, 0.3) is 0 Å². The Morgan fingerprint density at radius 2 is 1.72 bits per heavy atom. The Kier molecular flexibility index (Phi) is 4.65. The van der Waals surface area contributed by atoms with Crippen molar-refractivity contribution in [1.82, 2.24) is 4.90 Å². The van der Waals surface area contributed by atoms with Gasteiger partial charge in [-0.3, -0.25) is 4.79 Å². The van der Waals surface area contributed by atoms with Gasteiger partial charge in [0.15, 0.2) is 5.78 Å². The largest absolute Gasteiger partial charge is 0.369 e. The second-order valence-corrected chi connectivity index (χ2v) is 5.19. The van der Waals surface area contributed by atoms with E-state index < -0.39 is 0 Å². The molecule has 0 amide bonds. The molecule has 3 heteroatoms. The third-order valence-corrected chi connectivity index (χ3v) is 2.72. The summed E-state index contributed by atoms with van der Waals surface area (Å²) in [4.78, 5) is 18.3. The molecule has 0 aliphatic rings. The summed E-state index contributed by atoms with van der Waals surface area (Å²) in [6.07, 6.45) is 1.78. The predicted octanol–water partition coefficient (Wildman–Crippen LogP) is 3.36. The molecular weight excluding hydrogens is 224 g/mol. The van der Waals surface area contributed by atoms with Crippen LogP contribution in [0.1, 0.15) is 35.3 Å². The first-order chi connectivity index (χ1) is 8.32. The fourth-order valence-corrected chi connectivity index (χ4v) is 1.81.